The van der Waals surface area contributed by atoms with Crippen molar-refractivity contribution >= 4 is 18.4 Å². The van der Waals surface area contributed by atoms with Crippen LogP contribution in [0.25, 0.3) is 16.8 Å². The maximum atomic E-state index is 12.6. The number of rotatable bonds is 8. The highest BCUT2D eigenvalue weighted by Gasteiger charge is 2.46. The molecule has 1 amide bonds. The number of hydrogen-bond donors (Lipinski definition) is 1. The third-order valence-electron chi connectivity index (χ3n) is 6.45. The van der Waals surface area contributed by atoms with Crippen molar-refractivity contribution in [2.75, 3.05) is 5.32 Å². The Bertz CT molecular complexity index is 1360. The van der Waals surface area contributed by atoms with Crippen LogP contribution < -0.4 is 5.32 Å². The lowest BCUT2D eigenvalue weighted by atomic mass is 10.0. The Kier molecular flexibility index (Phi) is 6.25. The first-order valence-corrected chi connectivity index (χ1v) is 11.8. The van der Waals surface area contributed by atoms with E-state index in [2.05, 4.69) is 15.6 Å². The van der Waals surface area contributed by atoms with Gasteiger partial charge in [0.15, 0.2) is 5.82 Å². The number of aromatic nitrogens is 3. The van der Waals surface area contributed by atoms with E-state index in [0.717, 1.165) is 40.8 Å². The molecule has 8 nitrogen and oxygen atoms in total. The highest BCUT2D eigenvalue weighted by atomic mass is 16.6. The smallest absolute Gasteiger partial charge is 0.413 e. The monoisotopic (exact) mass is 482 g/mol. The molecule has 0 bridgehead atoms. The normalized spacial score (nSPS) is 14.5. The first-order chi connectivity index (χ1) is 17.5. The van der Waals surface area contributed by atoms with Gasteiger partial charge < -0.3 is 9.47 Å². The summed E-state index contributed by atoms with van der Waals surface area (Å²) in [6, 6.07) is 25.4. The maximum absolute atomic E-state index is 12.6. The quantitative estimate of drug-likeness (QED) is 0.323. The number of nitrogens with one attached hydrogen (secondary N) is 1. The lowest BCUT2D eigenvalue weighted by Crippen LogP contribution is -2.18. The number of ether oxygens (including phenoxy) is 2. The molecule has 0 radical (unpaired) electrons. The summed E-state index contributed by atoms with van der Waals surface area (Å²) in [4.78, 5) is 23.4. The summed E-state index contributed by atoms with van der Waals surface area (Å²) >= 11 is 0. The van der Waals surface area contributed by atoms with E-state index in [-0.39, 0.29) is 0 Å². The van der Waals surface area contributed by atoms with Crippen LogP contribution in [0.2, 0.25) is 0 Å². The van der Waals surface area contributed by atoms with Crippen molar-refractivity contribution in [1.29, 1.82) is 0 Å². The molecule has 1 aliphatic rings. The number of carbonyl (C=O) groups excluding carboxylic acids is 2. The Balaban J connectivity index is 1.29. The summed E-state index contributed by atoms with van der Waals surface area (Å²) < 4.78 is 12.4. The molecule has 1 saturated carbocycles. The zero-order valence-electron chi connectivity index (χ0n) is 20.0. The molecule has 182 valence electrons. The van der Waals surface area contributed by atoms with Crippen LogP contribution in [0.15, 0.2) is 78.9 Å². The van der Waals surface area contributed by atoms with Gasteiger partial charge >= 0.3 is 6.09 Å². The van der Waals surface area contributed by atoms with E-state index in [9.17, 15) is 9.59 Å². The van der Waals surface area contributed by atoms with E-state index in [1.807, 2.05) is 85.8 Å². The molecule has 0 saturated heterocycles. The molecule has 0 spiro atoms. The lowest BCUT2D eigenvalue weighted by molar-refractivity contribution is -0.136. The molecule has 5 rings (SSSR count). The van der Waals surface area contributed by atoms with Gasteiger partial charge in [-0.3, -0.25) is 10.1 Å². The number of nitrogens with zero attached hydrogens (tertiary/aromatic N) is 3. The van der Waals surface area contributed by atoms with Gasteiger partial charge in [0, 0.05) is 0 Å². The topological polar surface area (TPSA) is 95.3 Å². The number of aryl methyl sites for hydroxylation is 1. The summed E-state index contributed by atoms with van der Waals surface area (Å²) in [6.07, 6.45) is 0.723. The standard InChI is InChI=1S/C28H26N4O4/c1-19-26(29-27(34)36-20(2)21-6-4-3-5-7-21)32(31-30-19)25-14-10-23(11-15-25)22-8-12-24(13-9-22)28(16-17-28)35-18-33/h3-15,18,20H,16-17H2,1-2H3,(H,29,34)/t20-/m1/s1. The first-order valence-electron chi connectivity index (χ1n) is 11.8. The van der Waals surface area contributed by atoms with Gasteiger partial charge in [-0.25, -0.2) is 4.79 Å². The Labute approximate surface area is 208 Å². The van der Waals surface area contributed by atoms with Crippen molar-refractivity contribution in [1.82, 2.24) is 15.0 Å². The van der Waals surface area contributed by atoms with Crippen molar-refractivity contribution in [3.8, 4) is 16.8 Å². The van der Waals surface area contributed by atoms with Crippen molar-refractivity contribution < 1.29 is 19.1 Å². The van der Waals surface area contributed by atoms with Gasteiger partial charge in [0.05, 0.1) is 5.69 Å². The second-order valence-electron chi connectivity index (χ2n) is 8.85. The van der Waals surface area contributed by atoms with Crippen molar-refractivity contribution in [2.45, 2.75) is 38.4 Å². The minimum Gasteiger partial charge on any atom is -0.456 e. The van der Waals surface area contributed by atoms with Crippen molar-refractivity contribution in [3.63, 3.8) is 0 Å². The summed E-state index contributed by atoms with van der Waals surface area (Å²) in [6.45, 7) is 4.12. The van der Waals surface area contributed by atoms with Crippen molar-refractivity contribution in [3.05, 3.63) is 95.7 Å². The predicted molar refractivity (Wildman–Crippen MR) is 135 cm³/mol. The zero-order valence-corrected chi connectivity index (χ0v) is 20.0. The fourth-order valence-electron chi connectivity index (χ4n) is 4.20. The van der Waals surface area contributed by atoms with Crippen LogP contribution in [0.3, 0.4) is 0 Å². The Hall–Kier alpha value is -4.46. The van der Waals surface area contributed by atoms with Gasteiger partial charge in [0.2, 0.25) is 0 Å². The molecule has 1 heterocycles. The number of anilines is 1. The van der Waals surface area contributed by atoms with Crippen LogP contribution in [-0.4, -0.2) is 27.6 Å². The number of benzene rings is 3. The molecule has 1 N–H and O–H groups in total. The summed E-state index contributed by atoms with van der Waals surface area (Å²) in [7, 11) is 0. The second-order valence-corrected chi connectivity index (χ2v) is 8.85. The molecule has 1 atom stereocenters. The molecular formula is C28H26N4O4. The molecule has 1 aliphatic carbocycles. The molecule has 36 heavy (non-hydrogen) atoms. The van der Waals surface area contributed by atoms with Gasteiger partial charge in [0.25, 0.3) is 6.47 Å². The molecule has 8 heteroatoms. The van der Waals surface area contributed by atoms with Crippen LogP contribution in [0, 0.1) is 6.92 Å². The molecule has 4 aromatic rings. The van der Waals surface area contributed by atoms with Gasteiger partial charge in [-0.05, 0) is 61.1 Å². The average molecular weight is 483 g/mol. The van der Waals surface area contributed by atoms with E-state index in [0.29, 0.717) is 18.0 Å². The Morgan fingerprint density at radius 2 is 1.64 bits per heavy atom. The van der Waals surface area contributed by atoms with Crippen LogP contribution >= 0.6 is 0 Å². The average Bonchev–Trinajstić information content (AvgIpc) is 3.61. The van der Waals surface area contributed by atoms with Crippen LogP contribution in [0.1, 0.15) is 42.7 Å². The fraction of sp³-hybridized carbons (Fsp3) is 0.214. The van der Waals surface area contributed by atoms with E-state index < -0.39 is 17.8 Å². The van der Waals surface area contributed by atoms with Gasteiger partial charge in [-0.2, -0.15) is 4.68 Å². The van der Waals surface area contributed by atoms with Gasteiger partial charge in [-0.15, -0.1) is 5.10 Å². The predicted octanol–water partition coefficient (Wildman–Crippen LogP) is 5.71. The summed E-state index contributed by atoms with van der Waals surface area (Å²) in [5.74, 6) is 0.447. The second kappa shape index (κ2) is 9.65. The van der Waals surface area contributed by atoms with Crippen LogP contribution in [0.4, 0.5) is 10.6 Å². The maximum Gasteiger partial charge on any atom is 0.413 e. The van der Waals surface area contributed by atoms with Crippen molar-refractivity contribution in [2.24, 2.45) is 0 Å². The fourth-order valence-corrected chi connectivity index (χ4v) is 4.20. The minimum atomic E-state index is -0.582. The van der Waals surface area contributed by atoms with E-state index >= 15 is 0 Å². The van der Waals surface area contributed by atoms with Gasteiger partial charge in [-0.1, -0.05) is 71.9 Å². The van der Waals surface area contributed by atoms with E-state index in [1.54, 1.807) is 11.6 Å². The largest absolute Gasteiger partial charge is 0.456 e. The summed E-state index contributed by atoms with van der Waals surface area (Å²) in [5.41, 5.74) is 4.86. The number of hydrogen-bond acceptors (Lipinski definition) is 6. The highest BCUT2D eigenvalue weighted by Crippen LogP contribution is 2.49. The first kappa shape index (κ1) is 23.3. The molecule has 3 aromatic carbocycles. The molecule has 0 aliphatic heterocycles. The van der Waals surface area contributed by atoms with E-state index in [1.165, 1.54) is 0 Å². The minimum absolute atomic E-state index is 0.402. The highest BCUT2D eigenvalue weighted by molar-refractivity contribution is 5.84. The Morgan fingerprint density at radius 1 is 1.00 bits per heavy atom. The van der Waals surface area contributed by atoms with Crippen LogP contribution in [-0.2, 0) is 19.9 Å². The third kappa shape index (κ3) is 4.70. The summed E-state index contributed by atoms with van der Waals surface area (Å²) in [5, 5.41) is 11.1. The zero-order chi connectivity index (χ0) is 25.1. The molecule has 0 unspecified atom stereocenters. The van der Waals surface area contributed by atoms with E-state index in [4.69, 9.17) is 9.47 Å². The van der Waals surface area contributed by atoms with Gasteiger partial charge in [0.1, 0.15) is 17.4 Å². The lowest BCUT2D eigenvalue weighted by Gasteiger charge is -2.15. The SMILES string of the molecule is Cc1nnn(-c2ccc(-c3ccc(C4(OC=O)CC4)cc3)cc2)c1NC(=O)O[C@H](C)c1ccccc1. The van der Waals surface area contributed by atoms with Crippen LogP contribution in [0.5, 0.6) is 0 Å². The Morgan fingerprint density at radius 3 is 2.25 bits per heavy atom. The molecule has 1 fully saturated rings. The number of carbonyl (C=O) groups is 2. The molecular weight excluding hydrogens is 456 g/mol. The number of amides is 1. The molecule has 1 aromatic heterocycles. The third-order valence-corrected chi connectivity index (χ3v) is 6.45.